The van der Waals surface area contributed by atoms with E-state index in [-0.39, 0.29) is 13.4 Å². The van der Waals surface area contributed by atoms with E-state index in [0.29, 0.717) is 19.7 Å². The molecule has 7 heteroatoms. The third-order valence-corrected chi connectivity index (χ3v) is 4.15. The van der Waals surface area contributed by atoms with Gasteiger partial charge >= 0.3 is 0 Å². The molecule has 1 unspecified atom stereocenters. The molecule has 0 aliphatic carbocycles. The predicted molar refractivity (Wildman–Crippen MR) is 90.5 cm³/mol. The Hall–Kier alpha value is -2.09. The lowest BCUT2D eigenvalue weighted by Gasteiger charge is -2.20. The number of nitrogens with zero attached hydrogens (tertiary/aromatic N) is 2. The van der Waals surface area contributed by atoms with Crippen molar-refractivity contribution < 1.29 is 23.8 Å². The summed E-state index contributed by atoms with van der Waals surface area (Å²) in [6, 6.07) is 5.70. The average Bonchev–Trinajstić information content (AvgIpc) is 3.16. The van der Waals surface area contributed by atoms with Gasteiger partial charge in [-0.05, 0) is 38.6 Å². The van der Waals surface area contributed by atoms with E-state index in [9.17, 15) is 5.11 Å². The van der Waals surface area contributed by atoms with Crippen LogP contribution in [0.4, 0.5) is 0 Å². The number of hydrogen-bond acceptors (Lipinski definition) is 7. The highest BCUT2D eigenvalue weighted by Crippen LogP contribution is 2.32. The molecule has 25 heavy (non-hydrogen) atoms. The zero-order chi connectivity index (χ0) is 17.8. The molecule has 1 aliphatic rings. The molecule has 2 heterocycles. The second-order valence-corrected chi connectivity index (χ2v) is 6.36. The van der Waals surface area contributed by atoms with Crippen molar-refractivity contribution in [3.05, 3.63) is 40.8 Å². The average molecular weight is 348 g/mol. The minimum Gasteiger partial charge on any atom is -0.454 e. The Kier molecular flexibility index (Phi) is 5.57. The first-order valence-electron chi connectivity index (χ1n) is 8.27. The highest BCUT2D eigenvalue weighted by Gasteiger charge is 2.15. The molecule has 0 bridgehead atoms. The van der Waals surface area contributed by atoms with Crippen LogP contribution < -0.4 is 9.47 Å². The van der Waals surface area contributed by atoms with Crippen molar-refractivity contribution in [3.63, 3.8) is 0 Å². The van der Waals surface area contributed by atoms with Gasteiger partial charge in [-0.3, -0.25) is 4.90 Å². The highest BCUT2D eigenvalue weighted by atomic mass is 16.7. The fraction of sp³-hybridized carbons (Fsp3) is 0.500. The van der Waals surface area contributed by atoms with Gasteiger partial charge in [0.2, 0.25) is 6.79 Å². The molecule has 0 amide bonds. The van der Waals surface area contributed by atoms with Crippen LogP contribution in [0.1, 0.15) is 22.6 Å². The van der Waals surface area contributed by atoms with E-state index in [0.717, 1.165) is 34.1 Å². The lowest BCUT2D eigenvalue weighted by molar-refractivity contribution is 0.0126. The van der Waals surface area contributed by atoms with Crippen LogP contribution in [-0.2, 0) is 17.9 Å². The van der Waals surface area contributed by atoms with Gasteiger partial charge < -0.3 is 23.8 Å². The van der Waals surface area contributed by atoms with Crippen molar-refractivity contribution in [2.24, 2.45) is 0 Å². The molecule has 3 rings (SSSR count). The Morgan fingerprint density at radius 3 is 2.84 bits per heavy atom. The van der Waals surface area contributed by atoms with Crippen LogP contribution in [0, 0.1) is 13.8 Å². The van der Waals surface area contributed by atoms with Gasteiger partial charge in [0.25, 0.3) is 0 Å². The number of aromatic nitrogens is 1. The second-order valence-electron chi connectivity index (χ2n) is 6.36. The second kappa shape index (κ2) is 7.86. The third kappa shape index (κ3) is 4.50. The Morgan fingerprint density at radius 1 is 1.28 bits per heavy atom. The topological polar surface area (TPSA) is 77.2 Å². The molecule has 1 aliphatic heterocycles. The fourth-order valence-electron chi connectivity index (χ4n) is 2.82. The zero-order valence-electron chi connectivity index (χ0n) is 14.8. The Labute approximate surface area is 147 Å². The maximum atomic E-state index is 10.2. The first-order valence-corrected chi connectivity index (χ1v) is 8.27. The molecule has 1 N–H and O–H groups in total. The van der Waals surface area contributed by atoms with Crippen LogP contribution in [0.2, 0.25) is 0 Å². The van der Waals surface area contributed by atoms with E-state index in [1.807, 2.05) is 44.0 Å². The smallest absolute Gasteiger partial charge is 0.231 e. The summed E-state index contributed by atoms with van der Waals surface area (Å²) in [6.45, 7) is 5.95. The van der Waals surface area contributed by atoms with Gasteiger partial charge in [-0.1, -0.05) is 11.2 Å². The van der Waals surface area contributed by atoms with Crippen molar-refractivity contribution >= 4 is 0 Å². The summed E-state index contributed by atoms with van der Waals surface area (Å²) in [4.78, 5) is 2.03. The zero-order valence-corrected chi connectivity index (χ0v) is 14.8. The van der Waals surface area contributed by atoms with Crippen LogP contribution in [0.3, 0.4) is 0 Å². The molecule has 0 saturated carbocycles. The van der Waals surface area contributed by atoms with E-state index in [1.54, 1.807) is 0 Å². The van der Waals surface area contributed by atoms with Gasteiger partial charge in [0.05, 0.1) is 25.0 Å². The number of benzene rings is 1. The van der Waals surface area contributed by atoms with Crippen molar-refractivity contribution in [2.75, 3.05) is 27.0 Å². The summed E-state index contributed by atoms with van der Waals surface area (Å²) in [7, 11) is 1.95. The summed E-state index contributed by atoms with van der Waals surface area (Å²) in [5.41, 5.74) is 2.94. The van der Waals surface area contributed by atoms with Crippen molar-refractivity contribution in [2.45, 2.75) is 33.1 Å². The number of rotatable bonds is 8. The number of aliphatic hydroxyl groups is 1. The van der Waals surface area contributed by atoms with E-state index in [2.05, 4.69) is 5.16 Å². The molecule has 1 aromatic heterocycles. The molecule has 0 fully saturated rings. The number of hydrogen-bond donors (Lipinski definition) is 1. The van der Waals surface area contributed by atoms with Crippen LogP contribution in [0.25, 0.3) is 0 Å². The maximum absolute atomic E-state index is 10.2. The maximum Gasteiger partial charge on any atom is 0.231 e. The molecule has 0 radical (unpaired) electrons. The van der Waals surface area contributed by atoms with Crippen LogP contribution in [-0.4, -0.2) is 48.3 Å². The summed E-state index contributed by atoms with van der Waals surface area (Å²) >= 11 is 0. The van der Waals surface area contributed by atoms with Crippen LogP contribution in [0.5, 0.6) is 11.5 Å². The van der Waals surface area contributed by atoms with Gasteiger partial charge in [-0.25, -0.2) is 0 Å². The molecular weight excluding hydrogens is 324 g/mol. The molecule has 1 atom stereocenters. The number of fused-ring (bicyclic) bond motifs is 1. The number of aryl methyl sites for hydroxylation is 2. The largest absolute Gasteiger partial charge is 0.454 e. The van der Waals surface area contributed by atoms with Gasteiger partial charge in [-0.15, -0.1) is 0 Å². The molecule has 0 saturated heterocycles. The van der Waals surface area contributed by atoms with E-state index in [1.165, 1.54) is 0 Å². The van der Waals surface area contributed by atoms with Gasteiger partial charge in [-0.2, -0.15) is 0 Å². The summed E-state index contributed by atoms with van der Waals surface area (Å²) in [5.74, 6) is 2.31. The quantitative estimate of drug-likeness (QED) is 0.782. The minimum atomic E-state index is -0.570. The van der Waals surface area contributed by atoms with Crippen molar-refractivity contribution in [3.8, 4) is 11.5 Å². The summed E-state index contributed by atoms with van der Waals surface area (Å²) in [5, 5.41) is 14.1. The van der Waals surface area contributed by atoms with Crippen molar-refractivity contribution in [1.82, 2.24) is 10.1 Å². The molecule has 2 aromatic rings. The first kappa shape index (κ1) is 17.7. The predicted octanol–water partition coefficient (Wildman–Crippen LogP) is 2.03. The van der Waals surface area contributed by atoms with E-state index in [4.69, 9.17) is 18.7 Å². The number of aliphatic hydroxyl groups excluding tert-OH is 1. The van der Waals surface area contributed by atoms with E-state index < -0.39 is 6.10 Å². The molecule has 1 aromatic carbocycles. The Balaban J connectivity index is 1.41. The lowest BCUT2D eigenvalue weighted by atomic mass is 10.2. The lowest BCUT2D eigenvalue weighted by Crippen LogP contribution is -2.32. The molecular formula is C18H24N2O5. The first-order chi connectivity index (χ1) is 12.0. The highest BCUT2D eigenvalue weighted by molar-refractivity contribution is 5.44. The van der Waals surface area contributed by atoms with Crippen LogP contribution in [0.15, 0.2) is 22.7 Å². The van der Waals surface area contributed by atoms with Crippen molar-refractivity contribution in [1.29, 1.82) is 0 Å². The summed E-state index contributed by atoms with van der Waals surface area (Å²) in [6.07, 6.45) is -0.570. The van der Waals surface area contributed by atoms with Gasteiger partial charge in [0, 0.05) is 18.7 Å². The Morgan fingerprint density at radius 2 is 2.08 bits per heavy atom. The molecule has 7 nitrogen and oxygen atoms in total. The SMILES string of the molecule is Cc1noc(C)c1CN(C)CC(O)COCc1ccc2c(c1)OCO2. The van der Waals surface area contributed by atoms with E-state index >= 15 is 0 Å². The Bertz CT molecular complexity index is 696. The number of ether oxygens (including phenoxy) is 3. The normalized spacial score (nSPS) is 14.3. The molecule has 136 valence electrons. The number of likely N-dealkylation sites (N-methyl/N-ethyl adjacent to an activating group) is 1. The fourth-order valence-corrected chi connectivity index (χ4v) is 2.82. The summed E-state index contributed by atoms with van der Waals surface area (Å²) < 4.78 is 21.4. The molecule has 0 spiro atoms. The third-order valence-electron chi connectivity index (χ3n) is 4.15. The van der Waals surface area contributed by atoms with Gasteiger partial charge in [0.15, 0.2) is 11.5 Å². The minimum absolute atomic E-state index is 0.260. The van der Waals surface area contributed by atoms with Crippen LogP contribution >= 0.6 is 0 Å². The van der Waals surface area contributed by atoms with Gasteiger partial charge in [0.1, 0.15) is 5.76 Å². The standard InChI is InChI=1S/C18H24N2O5/c1-12-16(13(2)25-19-12)8-20(3)7-15(21)10-22-9-14-4-5-17-18(6-14)24-11-23-17/h4-6,15,21H,7-11H2,1-3H3. The monoisotopic (exact) mass is 348 g/mol.